The van der Waals surface area contributed by atoms with Crippen LogP contribution < -0.4 is 10.6 Å². The molecule has 154 valence electrons. The zero-order valence-electron chi connectivity index (χ0n) is 16.6. The van der Waals surface area contributed by atoms with Crippen molar-refractivity contribution in [2.75, 3.05) is 26.2 Å². The van der Waals surface area contributed by atoms with Gasteiger partial charge < -0.3 is 20.5 Å². The Morgan fingerprint density at radius 2 is 1.96 bits per heavy atom. The third kappa shape index (κ3) is 8.74. The van der Waals surface area contributed by atoms with E-state index in [-0.39, 0.29) is 24.0 Å². The van der Waals surface area contributed by atoms with Crippen molar-refractivity contribution in [1.82, 2.24) is 15.6 Å². The predicted octanol–water partition coefficient (Wildman–Crippen LogP) is 3.27. The summed E-state index contributed by atoms with van der Waals surface area (Å²) in [5.74, 6) is 1.44. The van der Waals surface area contributed by atoms with Crippen LogP contribution in [0.4, 0.5) is 0 Å². The lowest BCUT2D eigenvalue weighted by Crippen LogP contribution is -2.39. The molecule has 1 aliphatic carbocycles. The Kier molecular flexibility index (Phi) is 12.6. The first kappa shape index (κ1) is 24.1. The zero-order chi connectivity index (χ0) is 18.6. The Morgan fingerprint density at radius 1 is 1.26 bits per heavy atom. The van der Waals surface area contributed by atoms with Gasteiger partial charge in [0.15, 0.2) is 5.96 Å². The average Bonchev–Trinajstić information content (AvgIpc) is 3.20. The molecule has 1 aromatic heterocycles. The lowest BCUT2D eigenvalue weighted by Gasteiger charge is -2.24. The van der Waals surface area contributed by atoms with Crippen LogP contribution in [-0.4, -0.2) is 48.4 Å². The van der Waals surface area contributed by atoms with Gasteiger partial charge >= 0.3 is 0 Å². The summed E-state index contributed by atoms with van der Waals surface area (Å²) in [5.41, 5.74) is 0.831. The molecule has 0 aliphatic heterocycles. The number of nitrogens with one attached hydrogen (secondary N) is 2. The van der Waals surface area contributed by atoms with Crippen molar-refractivity contribution in [2.45, 2.75) is 58.2 Å². The Balaban J connectivity index is 0.00000364. The van der Waals surface area contributed by atoms with Crippen molar-refractivity contribution in [1.29, 1.82) is 0 Å². The van der Waals surface area contributed by atoms with Crippen LogP contribution in [0.2, 0.25) is 0 Å². The number of hydrogen-bond donors (Lipinski definition) is 3. The first-order valence-electron chi connectivity index (χ1n) is 9.96. The third-order valence-electron chi connectivity index (χ3n) is 4.89. The number of halogens is 1. The molecule has 7 heteroatoms. The second-order valence-corrected chi connectivity index (χ2v) is 6.77. The summed E-state index contributed by atoms with van der Waals surface area (Å²) in [6, 6.07) is 3.63. The van der Waals surface area contributed by atoms with Crippen molar-refractivity contribution in [3.05, 3.63) is 30.1 Å². The van der Waals surface area contributed by atoms with Crippen LogP contribution in [0.25, 0.3) is 0 Å². The molecule has 0 saturated heterocycles. The fraction of sp³-hybridized carbons (Fsp3) is 0.700. The van der Waals surface area contributed by atoms with Gasteiger partial charge in [0.25, 0.3) is 0 Å². The maximum Gasteiger partial charge on any atom is 0.191 e. The fourth-order valence-corrected chi connectivity index (χ4v) is 3.54. The Hall–Kier alpha value is -0.930. The number of ether oxygens (including phenoxy) is 1. The molecule has 2 unspecified atom stereocenters. The maximum absolute atomic E-state index is 10.3. The molecule has 0 radical (unpaired) electrons. The summed E-state index contributed by atoms with van der Waals surface area (Å²) >= 11 is 0. The minimum absolute atomic E-state index is 0. The van der Waals surface area contributed by atoms with Crippen LogP contribution >= 0.6 is 24.0 Å². The molecule has 1 fully saturated rings. The monoisotopic (exact) mass is 490 g/mol. The summed E-state index contributed by atoms with van der Waals surface area (Å²) in [7, 11) is 0. The second-order valence-electron chi connectivity index (χ2n) is 6.77. The number of pyridine rings is 1. The topological polar surface area (TPSA) is 78.8 Å². The van der Waals surface area contributed by atoms with E-state index in [0.29, 0.717) is 18.6 Å². The number of aromatic nitrogens is 1. The van der Waals surface area contributed by atoms with Gasteiger partial charge in [0, 0.05) is 32.1 Å². The van der Waals surface area contributed by atoms with Crippen molar-refractivity contribution in [3.63, 3.8) is 0 Å². The van der Waals surface area contributed by atoms with Gasteiger partial charge in [-0.25, -0.2) is 0 Å². The molecular formula is C20H35IN4O2. The summed E-state index contributed by atoms with van der Waals surface area (Å²) in [4.78, 5) is 8.49. The van der Waals surface area contributed by atoms with Crippen LogP contribution in [0.5, 0.6) is 0 Å². The van der Waals surface area contributed by atoms with E-state index in [1.165, 1.54) is 25.7 Å². The average molecular weight is 490 g/mol. The standard InChI is InChI=1S/C20H34N4O2.HI/c1-3-22-20(24-15-18(25)16-9-12-21-13-10-16)23-14-11-19(26-4-2)17-7-5-6-8-17;/h9-10,12-13,17-19,25H,3-8,11,14-15H2,1-2H3,(H2,22,23,24);1H. The van der Waals surface area contributed by atoms with Crippen molar-refractivity contribution < 1.29 is 9.84 Å². The van der Waals surface area contributed by atoms with E-state index in [1.54, 1.807) is 12.4 Å². The lowest BCUT2D eigenvalue weighted by atomic mass is 9.98. The molecule has 1 saturated carbocycles. The van der Waals surface area contributed by atoms with Crippen LogP contribution in [-0.2, 0) is 4.74 Å². The lowest BCUT2D eigenvalue weighted by molar-refractivity contribution is 0.0169. The summed E-state index contributed by atoms with van der Waals surface area (Å²) < 4.78 is 5.98. The second kappa shape index (κ2) is 14.1. The smallest absolute Gasteiger partial charge is 0.191 e. The minimum Gasteiger partial charge on any atom is -0.386 e. The molecule has 0 aromatic carbocycles. The van der Waals surface area contributed by atoms with Crippen molar-refractivity contribution in [2.24, 2.45) is 10.9 Å². The Morgan fingerprint density at radius 3 is 2.59 bits per heavy atom. The largest absolute Gasteiger partial charge is 0.386 e. The SMILES string of the molecule is CCNC(=NCC(O)c1ccncc1)NCCC(OCC)C1CCCC1.I. The number of nitrogens with zero attached hydrogens (tertiary/aromatic N) is 2. The molecule has 27 heavy (non-hydrogen) atoms. The van der Waals surface area contributed by atoms with E-state index < -0.39 is 6.10 Å². The number of aliphatic hydroxyl groups is 1. The van der Waals surface area contributed by atoms with E-state index in [9.17, 15) is 5.11 Å². The van der Waals surface area contributed by atoms with E-state index in [4.69, 9.17) is 4.74 Å². The van der Waals surface area contributed by atoms with Crippen LogP contribution in [0.1, 0.15) is 57.6 Å². The fourth-order valence-electron chi connectivity index (χ4n) is 3.54. The minimum atomic E-state index is -0.622. The first-order valence-corrected chi connectivity index (χ1v) is 9.96. The van der Waals surface area contributed by atoms with Crippen LogP contribution in [0.3, 0.4) is 0 Å². The van der Waals surface area contributed by atoms with Crippen molar-refractivity contribution in [3.8, 4) is 0 Å². The molecule has 2 rings (SSSR count). The van der Waals surface area contributed by atoms with Gasteiger partial charge in [-0.1, -0.05) is 12.8 Å². The van der Waals surface area contributed by atoms with Crippen LogP contribution in [0.15, 0.2) is 29.5 Å². The molecule has 1 aromatic rings. The molecule has 6 nitrogen and oxygen atoms in total. The quantitative estimate of drug-likeness (QED) is 0.267. The van der Waals surface area contributed by atoms with Crippen molar-refractivity contribution >= 4 is 29.9 Å². The highest BCUT2D eigenvalue weighted by molar-refractivity contribution is 14.0. The zero-order valence-corrected chi connectivity index (χ0v) is 18.9. The normalized spacial score (nSPS) is 17.2. The molecule has 0 bridgehead atoms. The van der Waals surface area contributed by atoms with Gasteiger partial charge in [-0.15, -0.1) is 24.0 Å². The van der Waals surface area contributed by atoms with Gasteiger partial charge in [-0.2, -0.15) is 0 Å². The van der Waals surface area contributed by atoms with E-state index in [2.05, 4.69) is 27.5 Å². The van der Waals surface area contributed by atoms with Gasteiger partial charge in [-0.05, 0) is 56.7 Å². The summed E-state index contributed by atoms with van der Waals surface area (Å²) in [5, 5.41) is 16.9. The van der Waals surface area contributed by atoms with Gasteiger partial charge in [0.1, 0.15) is 0 Å². The molecule has 1 heterocycles. The van der Waals surface area contributed by atoms with E-state index in [0.717, 1.165) is 37.6 Å². The number of hydrogen-bond acceptors (Lipinski definition) is 4. The Bertz CT molecular complexity index is 524. The predicted molar refractivity (Wildman–Crippen MR) is 121 cm³/mol. The molecule has 2 atom stereocenters. The summed E-state index contributed by atoms with van der Waals surface area (Å²) in [6.07, 6.45) is 9.30. The number of aliphatic hydroxyl groups excluding tert-OH is 1. The number of aliphatic imine (C=N–C) groups is 1. The van der Waals surface area contributed by atoms with E-state index in [1.807, 2.05) is 19.1 Å². The molecule has 3 N–H and O–H groups in total. The van der Waals surface area contributed by atoms with E-state index >= 15 is 0 Å². The Labute approximate surface area is 180 Å². The molecular weight excluding hydrogens is 455 g/mol. The van der Waals surface area contributed by atoms with Crippen LogP contribution in [0, 0.1) is 5.92 Å². The molecule has 0 amide bonds. The third-order valence-corrected chi connectivity index (χ3v) is 4.89. The highest BCUT2D eigenvalue weighted by atomic mass is 127. The maximum atomic E-state index is 10.3. The molecule has 0 spiro atoms. The number of rotatable bonds is 10. The summed E-state index contributed by atoms with van der Waals surface area (Å²) in [6.45, 7) is 6.80. The highest BCUT2D eigenvalue weighted by Crippen LogP contribution is 2.30. The number of guanidine groups is 1. The van der Waals surface area contributed by atoms with Gasteiger partial charge in [-0.3, -0.25) is 9.98 Å². The molecule has 1 aliphatic rings. The van der Waals surface area contributed by atoms with Gasteiger partial charge in [0.05, 0.1) is 18.8 Å². The highest BCUT2D eigenvalue weighted by Gasteiger charge is 2.25. The van der Waals surface area contributed by atoms with Gasteiger partial charge in [0.2, 0.25) is 0 Å². The first-order chi connectivity index (χ1) is 12.7.